The first-order valence-corrected chi connectivity index (χ1v) is 10.6. The SMILES string of the molecule is CN1CCN(C2=C(c3ccc([N+](=O)[O-])cc3)C(=O)N(Cc3ccc4c(c3)OCO4)C2=O)CC1. The van der Waals surface area contributed by atoms with Crippen molar-refractivity contribution >= 4 is 23.1 Å². The summed E-state index contributed by atoms with van der Waals surface area (Å²) in [4.78, 5) is 42.9. The van der Waals surface area contributed by atoms with Gasteiger partial charge < -0.3 is 19.3 Å². The van der Waals surface area contributed by atoms with Gasteiger partial charge in [-0.2, -0.15) is 0 Å². The van der Waals surface area contributed by atoms with Crippen molar-refractivity contribution in [3.8, 4) is 11.5 Å². The number of nitrogens with zero attached hydrogens (tertiary/aromatic N) is 4. The summed E-state index contributed by atoms with van der Waals surface area (Å²) < 4.78 is 10.8. The first-order valence-electron chi connectivity index (χ1n) is 10.6. The number of hydrogen-bond donors (Lipinski definition) is 0. The summed E-state index contributed by atoms with van der Waals surface area (Å²) in [5.74, 6) is 0.422. The average Bonchev–Trinajstić information content (AvgIpc) is 3.37. The molecule has 2 aromatic rings. The van der Waals surface area contributed by atoms with E-state index >= 15 is 0 Å². The Balaban J connectivity index is 1.50. The molecule has 2 amide bonds. The minimum Gasteiger partial charge on any atom is -0.454 e. The van der Waals surface area contributed by atoms with Crippen molar-refractivity contribution in [2.75, 3.05) is 40.0 Å². The van der Waals surface area contributed by atoms with Gasteiger partial charge in [0.2, 0.25) is 6.79 Å². The number of carbonyl (C=O) groups excluding carboxylic acids is 2. The van der Waals surface area contributed by atoms with E-state index < -0.39 is 10.8 Å². The number of amides is 2. The second-order valence-electron chi connectivity index (χ2n) is 8.20. The van der Waals surface area contributed by atoms with E-state index in [-0.39, 0.29) is 30.5 Å². The van der Waals surface area contributed by atoms with Gasteiger partial charge in [0.15, 0.2) is 11.5 Å². The molecule has 0 aromatic heterocycles. The van der Waals surface area contributed by atoms with Crippen LogP contribution in [0.2, 0.25) is 0 Å². The number of hydrogen-bond acceptors (Lipinski definition) is 8. The van der Waals surface area contributed by atoms with Gasteiger partial charge in [-0.25, -0.2) is 0 Å². The molecule has 33 heavy (non-hydrogen) atoms. The van der Waals surface area contributed by atoms with Crippen LogP contribution in [0.3, 0.4) is 0 Å². The van der Waals surface area contributed by atoms with Crippen LogP contribution in [0.25, 0.3) is 5.57 Å². The van der Waals surface area contributed by atoms with Crippen LogP contribution in [0.5, 0.6) is 11.5 Å². The third-order valence-electron chi connectivity index (χ3n) is 6.11. The number of imide groups is 1. The molecular formula is C23H22N4O6. The van der Waals surface area contributed by atoms with Crippen molar-refractivity contribution in [3.05, 3.63) is 69.4 Å². The van der Waals surface area contributed by atoms with Crippen molar-refractivity contribution in [1.82, 2.24) is 14.7 Å². The molecule has 10 nitrogen and oxygen atoms in total. The molecule has 3 heterocycles. The van der Waals surface area contributed by atoms with E-state index in [1.807, 2.05) is 11.9 Å². The maximum Gasteiger partial charge on any atom is 0.278 e. The molecule has 2 aromatic carbocycles. The Hall–Kier alpha value is -3.92. The summed E-state index contributed by atoms with van der Waals surface area (Å²) in [5, 5.41) is 11.1. The zero-order chi connectivity index (χ0) is 23.1. The van der Waals surface area contributed by atoms with Gasteiger partial charge in [0.25, 0.3) is 17.5 Å². The predicted octanol–water partition coefficient (Wildman–Crippen LogP) is 1.85. The molecule has 0 atom stereocenters. The summed E-state index contributed by atoms with van der Waals surface area (Å²) in [6.45, 7) is 2.97. The molecule has 0 unspecified atom stereocenters. The van der Waals surface area contributed by atoms with Crippen LogP contribution in [0.1, 0.15) is 11.1 Å². The minimum atomic E-state index is -0.493. The summed E-state index contributed by atoms with van der Waals surface area (Å²) in [6, 6.07) is 11.1. The van der Waals surface area contributed by atoms with E-state index in [1.54, 1.807) is 18.2 Å². The number of nitro groups is 1. The molecule has 170 valence electrons. The molecule has 1 fully saturated rings. The van der Waals surface area contributed by atoms with E-state index in [2.05, 4.69) is 4.90 Å². The molecule has 1 saturated heterocycles. The highest BCUT2D eigenvalue weighted by Crippen LogP contribution is 2.36. The Morgan fingerprint density at radius 3 is 2.33 bits per heavy atom. The highest BCUT2D eigenvalue weighted by atomic mass is 16.7. The number of ether oxygens (including phenoxy) is 2. The van der Waals surface area contributed by atoms with Crippen LogP contribution in [0, 0.1) is 10.1 Å². The van der Waals surface area contributed by atoms with Crippen molar-refractivity contribution in [1.29, 1.82) is 0 Å². The summed E-state index contributed by atoms with van der Waals surface area (Å²) in [6.07, 6.45) is 0. The van der Waals surface area contributed by atoms with Gasteiger partial charge in [0.05, 0.1) is 17.0 Å². The van der Waals surface area contributed by atoms with E-state index in [9.17, 15) is 19.7 Å². The predicted molar refractivity (Wildman–Crippen MR) is 117 cm³/mol. The smallest absolute Gasteiger partial charge is 0.278 e. The summed E-state index contributed by atoms with van der Waals surface area (Å²) in [7, 11) is 2.01. The number of fused-ring (bicyclic) bond motifs is 1. The lowest BCUT2D eigenvalue weighted by atomic mass is 10.0. The molecule has 0 radical (unpaired) electrons. The monoisotopic (exact) mass is 450 g/mol. The first kappa shape index (κ1) is 21.0. The Bertz CT molecular complexity index is 1170. The standard InChI is InChI=1S/C23H22N4O6/c1-24-8-10-25(11-9-24)21-20(16-3-5-17(6-4-16)27(30)31)22(28)26(23(21)29)13-15-2-7-18-19(12-15)33-14-32-18/h2-7,12H,8-11,13-14H2,1H3. The van der Waals surface area contributed by atoms with E-state index in [0.29, 0.717) is 35.8 Å². The van der Waals surface area contributed by atoms with Crippen molar-refractivity contribution in [2.24, 2.45) is 0 Å². The maximum atomic E-state index is 13.5. The van der Waals surface area contributed by atoms with Crippen LogP contribution >= 0.6 is 0 Å². The Kier molecular flexibility index (Phi) is 5.21. The molecular weight excluding hydrogens is 428 g/mol. The van der Waals surface area contributed by atoms with Gasteiger partial charge in [0, 0.05) is 38.3 Å². The van der Waals surface area contributed by atoms with E-state index in [0.717, 1.165) is 18.7 Å². The first-order chi connectivity index (χ1) is 15.9. The Morgan fingerprint density at radius 2 is 1.64 bits per heavy atom. The fourth-order valence-electron chi connectivity index (χ4n) is 4.26. The van der Waals surface area contributed by atoms with Gasteiger partial charge in [-0.15, -0.1) is 0 Å². The van der Waals surface area contributed by atoms with Crippen LogP contribution in [-0.4, -0.2) is 71.5 Å². The number of likely N-dealkylation sites (N-methyl/N-ethyl adjacent to an activating group) is 1. The lowest BCUT2D eigenvalue weighted by Crippen LogP contribution is -2.46. The van der Waals surface area contributed by atoms with Gasteiger partial charge in [0.1, 0.15) is 5.70 Å². The summed E-state index contributed by atoms with van der Waals surface area (Å²) >= 11 is 0. The molecule has 0 bridgehead atoms. The van der Waals surface area contributed by atoms with E-state index in [4.69, 9.17) is 9.47 Å². The quantitative estimate of drug-likeness (QED) is 0.386. The molecule has 0 spiro atoms. The Morgan fingerprint density at radius 1 is 0.939 bits per heavy atom. The Labute approximate surface area is 189 Å². The normalized spacial score (nSPS) is 18.5. The molecule has 10 heteroatoms. The zero-order valence-electron chi connectivity index (χ0n) is 18.0. The number of nitro benzene ring substituents is 1. The number of carbonyl (C=O) groups is 2. The van der Waals surface area contributed by atoms with Crippen LogP contribution < -0.4 is 9.47 Å². The third kappa shape index (κ3) is 3.78. The van der Waals surface area contributed by atoms with Crippen molar-refractivity contribution in [2.45, 2.75) is 6.54 Å². The molecule has 5 rings (SSSR count). The van der Waals surface area contributed by atoms with Gasteiger partial charge in [-0.05, 0) is 42.4 Å². The number of piperazine rings is 1. The second-order valence-corrected chi connectivity index (χ2v) is 8.20. The fourth-order valence-corrected chi connectivity index (χ4v) is 4.26. The van der Waals surface area contributed by atoms with Crippen LogP contribution in [0.4, 0.5) is 5.69 Å². The summed E-state index contributed by atoms with van der Waals surface area (Å²) in [5.41, 5.74) is 1.78. The van der Waals surface area contributed by atoms with E-state index in [1.165, 1.54) is 29.2 Å². The lowest BCUT2D eigenvalue weighted by Gasteiger charge is -2.34. The molecule has 0 aliphatic carbocycles. The maximum absolute atomic E-state index is 13.5. The largest absolute Gasteiger partial charge is 0.454 e. The van der Waals surface area contributed by atoms with Crippen molar-refractivity contribution in [3.63, 3.8) is 0 Å². The number of rotatable bonds is 5. The third-order valence-corrected chi connectivity index (χ3v) is 6.11. The second kappa shape index (κ2) is 8.21. The van der Waals surface area contributed by atoms with Gasteiger partial charge in [-0.3, -0.25) is 24.6 Å². The molecule has 3 aliphatic rings. The lowest BCUT2D eigenvalue weighted by molar-refractivity contribution is -0.384. The van der Waals surface area contributed by atoms with Crippen LogP contribution in [0.15, 0.2) is 48.2 Å². The van der Waals surface area contributed by atoms with Crippen LogP contribution in [-0.2, 0) is 16.1 Å². The average molecular weight is 450 g/mol. The highest BCUT2D eigenvalue weighted by molar-refractivity contribution is 6.35. The van der Waals surface area contributed by atoms with Gasteiger partial charge >= 0.3 is 0 Å². The number of benzene rings is 2. The zero-order valence-corrected chi connectivity index (χ0v) is 18.0. The molecule has 0 N–H and O–H groups in total. The molecule has 3 aliphatic heterocycles. The topological polar surface area (TPSA) is 105 Å². The fraction of sp³-hybridized carbons (Fsp3) is 0.304. The van der Waals surface area contributed by atoms with Crippen molar-refractivity contribution < 1.29 is 24.0 Å². The highest BCUT2D eigenvalue weighted by Gasteiger charge is 2.42. The minimum absolute atomic E-state index is 0.0746. The molecule has 0 saturated carbocycles. The number of non-ortho nitro benzene ring substituents is 1. The van der Waals surface area contributed by atoms with Gasteiger partial charge in [-0.1, -0.05) is 6.07 Å².